The molecular formula is C15H16N2O3S2. The van der Waals surface area contributed by atoms with Gasteiger partial charge in [0.15, 0.2) is 0 Å². The predicted octanol–water partition coefficient (Wildman–Crippen LogP) is 2.73. The van der Waals surface area contributed by atoms with Crippen LogP contribution in [0, 0.1) is 6.92 Å². The Kier molecular flexibility index (Phi) is 4.74. The fourth-order valence-electron chi connectivity index (χ4n) is 2.00. The van der Waals surface area contributed by atoms with Crippen molar-refractivity contribution >= 4 is 28.6 Å². The van der Waals surface area contributed by atoms with Gasteiger partial charge in [-0.05, 0) is 25.5 Å². The van der Waals surface area contributed by atoms with Crippen LogP contribution in [0.15, 0.2) is 29.5 Å². The lowest BCUT2D eigenvalue weighted by Gasteiger charge is -2.14. The molecule has 22 heavy (non-hydrogen) atoms. The molecular weight excluding hydrogens is 320 g/mol. The van der Waals surface area contributed by atoms with Crippen LogP contribution in [0.5, 0.6) is 0 Å². The van der Waals surface area contributed by atoms with Crippen molar-refractivity contribution < 1.29 is 14.3 Å². The molecule has 0 saturated heterocycles. The molecule has 7 heteroatoms. The highest BCUT2D eigenvalue weighted by molar-refractivity contribution is 7.16. The van der Waals surface area contributed by atoms with Crippen LogP contribution in [0.3, 0.4) is 0 Å². The summed E-state index contributed by atoms with van der Waals surface area (Å²) in [7, 11) is 0. The Bertz CT molecular complexity index is 691. The zero-order chi connectivity index (χ0) is 15.4. The van der Waals surface area contributed by atoms with Crippen LogP contribution in [-0.4, -0.2) is 30.6 Å². The Morgan fingerprint density at radius 1 is 1.41 bits per heavy atom. The minimum absolute atomic E-state index is 0.230. The molecule has 0 spiro atoms. The molecule has 1 aliphatic heterocycles. The maximum absolute atomic E-state index is 11.8. The van der Waals surface area contributed by atoms with Gasteiger partial charge in [0.1, 0.15) is 19.5 Å². The van der Waals surface area contributed by atoms with E-state index in [4.69, 9.17) is 9.47 Å². The second-order valence-electron chi connectivity index (χ2n) is 4.72. The molecule has 0 bridgehead atoms. The number of ether oxygens (including phenoxy) is 2. The minimum atomic E-state index is -0.230. The van der Waals surface area contributed by atoms with Crippen molar-refractivity contribution in [1.29, 1.82) is 0 Å². The second kappa shape index (κ2) is 6.93. The van der Waals surface area contributed by atoms with Gasteiger partial charge in [-0.25, -0.2) is 4.98 Å². The largest absolute Gasteiger partial charge is 0.494 e. The number of carbonyl (C=O) groups excluding carboxylic acids is 1. The summed E-state index contributed by atoms with van der Waals surface area (Å²) in [6, 6.07) is 4.16. The summed E-state index contributed by atoms with van der Waals surface area (Å²) in [6.07, 6.45) is 2.15. The van der Waals surface area contributed by atoms with Gasteiger partial charge in [0, 0.05) is 16.8 Å². The molecule has 0 radical (unpaired) electrons. The number of nitrogens with one attached hydrogen (secondary N) is 1. The van der Waals surface area contributed by atoms with Crippen LogP contribution in [0.4, 0.5) is 0 Å². The van der Waals surface area contributed by atoms with Crippen LogP contribution in [0.25, 0.3) is 10.6 Å². The van der Waals surface area contributed by atoms with Gasteiger partial charge >= 0.3 is 0 Å². The van der Waals surface area contributed by atoms with Crippen molar-refractivity contribution in [1.82, 2.24) is 10.3 Å². The summed E-state index contributed by atoms with van der Waals surface area (Å²) in [5.41, 5.74) is 1.03. The molecule has 1 aliphatic rings. The van der Waals surface area contributed by atoms with Gasteiger partial charge in [-0.1, -0.05) is 0 Å². The van der Waals surface area contributed by atoms with E-state index in [-0.39, 0.29) is 11.7 Å². The highest BCUT2D eigenvalue weighted by Gasteiger charge is 2.14. The first-order valence-electron chi connectivity index (χ1n) is 6.96. The lowest BCUT2D eigenvalue weighted by molar-refractivity contribution is -0.122. The average Bonchev–Trinajstić information content (AvgIpc) is 3.17. The molecule has 116 valence electrons. The number of thiazole rings is 1. The van der Waals surface area contributed by atoms with Crippen molar-refractivity contribution in [3.8, 4) is 10.6 Å². The summed E-state index contributed by atoms with van der Waals surface area (Å²) in [5, 5.41) is 5.97. The van der Waals surface area contributed by atoms with E-state index in [1.54, 1.807) is 22.7 Å². The Morgan fingerprint density at radius 3 is 3.05 bits per heavy atom. The number of thiophene rings is 1. The van der Waals surface area contributed by atoms with Gasteiger partial charge in [0.05, 0.1) is 15.6 Å². The molecule has 0 unspecified atom stereocenters. The van der Waals surface area contributed by atoms with Crippen molar-refractivity contribution in [2.24, 2.45) is 0 Å². The van der Waals surface area contributed by atoms with E-state index in [2.05, 4.69) is 27.8 Å². The van der Waals surface area contributed by atoms with Crippen molar-refractivity contribution in [3.63, 3.8) is 0 Å². The molecule has 1 N–H and O–H groups in total. The van der Waals surface area contributed by atoms with E-state index in [0.717, 1.165) is 22.0 Å². The Morgan fingerprint density at radius 2 is 2.32 bits per heavy atom. The summed E-state index contributed by atoms with van der Waals surface area (Å²) in [6.45, 7) is 3.48. The van der Waals surface area contributed by atoms with Gasteiger partial charge in [-0.2, -0.15) is 0 Å². The van der Waals surface area contributed by atoms with Crippen molar-refractivity contribution in [3.05, 3.63) is 39.4 Å². The van der Waals surface area contributed by atoms with Crippen LogP contribution < -0.4 is 5.32 Å². The number of hydrogen-bond donors (Lipinski definition) is 1. The summed E-state index contributed by atoms with van der Waals surface area (Å²) >= 11 is 3.36. The molecule has 0 atom stereocenters. The fraction of sp³-hybridized carbons (Fsp3) is 0.333. The van der Waals surface area contributed by atoms with Gasteiger partial charge in [0.25, 0.3) is 5.91 Å². The van der Waals surface area contributed by atoms with E-state index >= 15 is 0 Å². The van der Waals surface area contributed by atoms with E-state index in [1.807, 2.05) is 6.92 Å². The summed E-state index contributed by atoms with van der Waals surface area (Å²) in [5.74, 6) is 0.0164. The monoisotopic (exact) mass is 336 g/mol. The zero-order valence-electron chi connectivity index (χ0n) is 12.1. The number of carbonyl (C=O) groups is 1. The number of amides is 1. The van der Waals surface area contributed by atoms with E-state index in [0.29, 0.717) is 19.8 Å². The molecule has 3 rings (SSSR count). The lowest BCUT2D eigenvalue weighted by atomic mass is 10.3. The van der Waals surface area contributed by atoms with Crippen LogP contribution in [0.2, 0.25) is 0 Å². The van der Waals surface area contributed by atoms with E-state index < -0.39 is 0 Å². The molecule has 5 nitrogen and oxygen atoms in total. The Balaban J connectivity index is 1.51. The normalized spacial score (nSPS) is 14.0. The third kappa shape index (κ3) is 3.66. The molecule has 0 fully saturated rings. The predicted molar refractivity (Wildman–Crippen MR) is 86.9 cm³/mol. The molecule has 1 amide bonds. The SMILES string of the molecule is Cc1nc(-c2ccc(CCNC(=O)C3=COCCO3)s2)cs1. The second-order valence-corrected chi connectivity index (χ2v) is 6.96. The third-order valence-electron chi connectivity index (χ3n) is 3.06. The van der Waals surface area contributed by atoms with Crippen LogP contribution in [0.1, 0.15) is 9.88 Å². The lowest BCUT2D eigenvalue weighted by Crippen LogP contribution is -2.29. The highest BCUT2D eigenvalue weighted by Crippen LogP contribution is 2.29. The standard InChI is InChI=1S/C15H16N2O3S2/c1-10-17-12(9-21-10)14-3-2-11(22-14)4-5-16-15(18)13-8-19-6-7-20-13/h2-3,8-9H,4-7H2,1H3,(H,16,18). The Labute approximate surface area is 136 Å². The highest BCUT2D eigenvalue weighted by atomic mass is 32.1. The van der Waals surface area contributed by atoms with Gasteiger partial charge in [0.2, 0.25) is 5.76 Å². The van der Waals surface area contributed by atoms with E-state index in [1.165, 1.54) is 11.1 Å². The molecule has 2 aromatic heterocycles. The Hall–Kier alpha value is -1.86. The minimum Gasteiger partial charge on any atom is -0.494 e. The number of aromatic nitrogens is 1. The summed E-state index contributed by atoms with van der Waals surface area (Å²) in [4.78, 5) is 18.7. The number of hydrogen-bond acceptors (Lipinski definition) is 6. The van der Waals surface area contributed by atoms with Crippen molar-refractivity contribution in [2.75, 3.05) is 19.8 Å². The molecule has 0 aliphatic carbocycles. The number of aryl methyl sites for hydroxylation is 1. The molecule has 2 aromatic rings. The van der Waals surface area contributed by atoms with Gasteiger partial charge in [-0.15, -0.1) is 22.7 Å². The first-order valence-corrected chi connectivity index (χ1v) is 8.66. The third-order valence-corrected chi connectivity index (χ3v) is 5.00. The first kappa shape index (κ1) is 15.1. The van der Waals surface area contributed by atoms with Crippen LogP contribution >= 0.6 is 22.7 Å². The zero-order valence-corrected chi connectivity index (χ0v) is 13.8. The maximum Gasteiger partial charge on any atom is 0.289 e. The molecule has 0 saturated carbocycles. The molecule has 0 aromatic carbocycles. The number of rotatable bonds is 5. The number of nitrogens with zero attached hydrogens (tertiary/aromatic N) is 1. The van der Waals surface area contributed by atoms with Crippen LogP contribution in [-0.2, 0) is 20.7 Å². The van der Waals surface area contributed by atoms with Gasteiger partial charge < -0.3 is 14.8 Å². The van der Waals surface area contributed by atoms with E-state index in [9.17, 15) is 4.79 Å². The topological polar surface area (TPSA) is 60.5 Å². The molecule has 3 heterocycles. The van der Waals surface area contributed by atoms with Gasteiger partial charge in [-0.3, -0.25) is 4.79 Å². The fourth-order valence-corrected chi connectivity index (χ4v) is 3.66. The summed E-state index contributed by atoms with van der Waals surface area (Å²) < 4.78 is 10.3. The van der Waals surface area contributed by atoms with Crippen molar-refractivity contribution in [2.45, 2.75) is 13.3 Å². The quantitative estimate of drug-likeness (QED) is 0.912. The smallest absolute Gasteiger partial charge is 0.289 e. The average molecular weight is 336 g/mol. The first-order chi connectivity index (χ1) is 10.7. The maximum atomic E-state index is 11.8.